The van der Waals surface area contributed by atoms with Crippen LogP contribution in [0, 0.1) is 14.7 Å². The predicted molar refractivity (Wildman–Crippen MR) is 88.7 cm³/mol. The quantitative estimate of drug-likeness (QED) is 0.302. The molecule has 0 saturated heterocycles. The second kappa shape index (κ2) is 6.07. The fraction of sp³-hybridized carbons (Fsp3) is 0.455. The molecule has 0 saturated carbocycles. The molecule has 0 fully saturated rings. The van der Waals surface area contributed by atoms with Gasteiger partial charge in [-0.05, 0) is 41.1 Å². The van der Waals surface area contributed by atoms with Gasteiger partial charge in [-0.1, -0.05) is 22.6 Å². The molecule has 5 nitrogen and oxygen atoms in total. The number of hydrazine groups is 1. The largest absolute Gasteiger partial charge is 0.743 e. The van der Waals surface area contributed by atoms with Crippen molar-refractivity contribution in [2.24, 2.45) is 17.5 Å². The summed E-state index contributed by atoms with van der Waals surface area (Å²) in [6, 6.07) is 3.64. The minimum Gasteiger partial charge on any atom is -0.743 e. The molecule has 1 aromatic carbocycles. The molecule has 2 rings (SSSR count). The first-order valence-electron chi connectivity index (χ1n) is 5.52. The summed E-state index contributed by atoms with van der Waals surface area (Å²) in [7, 11) is 0. The Labute approximate surface area is 133 Å². The normalized spacial score (nSPS) is 19.9. The van der Waals surface area contributed by atoms with Crippen LogP contribution in [0.15, 0.2) is 12.1 Å². The van der Waals surface area contributed by atoms with Crippen LogP contribution in [0.1, 0.15) is 5.56 Å². The van der Waals surface area contributed by atoms with E-state index >= 15 is 0 Å². The molecule has 0 radical (unpaired) electrons. The zero-order chi connectivity index (χ0) is 13.3. The lowest BCUT2D eigenvalue weighted by molar-refractivity contribution is 0.205. The van der Waals surface area contributed by atoms with Gasteiger partial charge in [0.1, 0.15) is 5.75 Å². The highest BCUT2D eigenvalue weighted by Crippen LogP contribution is 2.38. The maximum atomic E-state index is 11.4. The second-order valence-corrected chi connectivity index (χ2v) is 6.34. The van der Waals surface area contributed by atoms with Gasteiger partial charge in [0.2, 0.25) is 0 Å². The molecule has 1 heterocycles. The fourth-order valence-electron chi connectivity index (χ4n) is 2.06. The van der Waals surface area contributed by atoms with E-state index in [4.69, 9.17) is 16.3 Å². The topological polar surface area (TPSA) is 87.6 Å². The molecule has 0 bridgehead atoms. The van der Waals surface area contributed by atoms with Crippen LogP contribution < -0.4 is 21.5 Å². The Morgan fingerprint density at radius 1 is 1.56 bits per heavy atom. The Kier molecular flexibility index (Phi) is 4.92. The maximum Gasteiger partial charge on any atom is 0.137 e. The van der Waals surface area contributed by atoms with Crippen LogP contribution in [0.3, 0.4) is 0 Å². The van der Waals surface area contributed by atoms with Gasteiger partial charge < -0.3 is 20.9 Å². The Bertz CT molecular complexity index is 443. The van der Waals surface area contributed by atoms with E-state index in [1.807, 2.05) is 6.07 Å². The van der Waals surface area contributed by atoms with Crippen LogP contribution in [0.2, 0.25) is 0 Å². The molecule has 1 aliphatic heterocycles. The summed E-state index contributed by atoms with van der Waals surface area (Å²) in [6.45, 7) is 0.597. The molecule has 18 heavy (non-hydrogen) atoms. The van der Waals surface area contributed by atoms with Gasteiger partial charge in [-0.25, -0.2) is 0 Å². The number of alkyl halides is 1. The first-order chi connectivity index (χ1) is 8.54. The fourth-order valence-corrected chi connectivity index (χ4v) is 3.44. The third-order valence-corrected chi connectivity index (χ3v) is 4.98. The van der Waals surface area contributed by atoms with Gasteiger partial charge in [-0.3, -0.25) is 5.84 Å². The lowest BCUT2D eigenvalue weighted by Crippen LogP contribution is -2.39. The summed E-state index contributed by atoms with van der Waals surface area (Å²) >= 11 is 4.46. The van der Waals surface area contributed by atoms with E-state index in [0.29, 0.717) is 17.5 Å². The average Bonchev–Trinajstić information content (AvgIpc) is 2.37. The van der Waals surface area contributed by atoms with Gasteiger partial charge in [0.05, 0.1) is 10.2 Å². The molecular weight excluding hydrogens is 460 g/mol. The highest BCUT2D eigenvalue weighted by atomic mass is 127. The highest BCUT2D eigenvalue weighted by Gasteiger charge is 2.28. The van der Waals surface area contributed by atoms with E-state index in [1.54, 1.807) is 6.07 Å². The Morgan fingerprint density at radius 3 is 2.89 bits per heavy atom. The number of hydrogen-bond acceptors (Lipinski definition) is 5. The van der Waals surface area contributed by atoms with E-state index in [-0.39, 0.29) is 12.0 Å². The van der Waals surface area contributed by atoms with Crippen molar-refractivity contribution in [3.63, 3.8) is 0 Å². The molecular formula is C11H14I2N3O2-. The van der Waals surface area contributed by atoms with Crippen molar-refractivity contribution in [1.82, 2.24) is 0 Å². The standard InChI is InChI=1S/C11H14I2N3O2/c12-4-9(14)6-3-7-10(16(15)17)2-1-8(13)11(7)18-5-6/h1-2,6,9H,3-5,14-15H2/q-1. The van der Waals surface area contributed by atoms with E-state index in [9.17, 15) is 5.21 Å². The van der Waals surface area contributed by atoms with E-state index < -0.39 is 0 Å². The number of fused-ring (bicyclic) bond motifs is 1. The van der Waals surface area contributed by atoms with Gasteiger partial charge in [0.15, 0.2) is 0 Å². The van der Waals surface area contributed by atoms with Crippen LogP contribution in [-0.2, 0) is 6.42 Å². The molecule has 2 unspecified atom stereocenters. The third-order valence-electron chi connectivity index (χ3n) is 3.12. The molecule has 0 spiro atoms. The van der Waals surface area contributed by atoms with Crippen molar-refractivity contribution in [2.45, 2.75) is 12.5 Å². The van der Waals surface area contributed by atoms with E-state index in [2.05, 4.69) is 45.2 Å². The first kappa shape index (κ1) is 14.6. The Balaban J connectivity index is 2.37. The van der Waals surface area contributed by atoms with Crippen molar-refractivity contribution in [2.75, 3.05) is 16.2 Å². The van der Waals surface area contributed by atoms with Gasteiger partial charge in [0, 0.05) is 27.6 Å². The van der Waals surface area contributed by atoms with Gasteiger partial charge in [0.25, 0.3) is 0 Å². The predicted octanol–water partition coefficient (Wildman–Crippen LogP) is 1.78. The van der Waals surface area contributed by atoms with Crippen LogP contribution in [0.5, 0.6) is 5.75 Å². The summed E-state index contributed by atoms with van der Waals surface area (Å²) in [5.41, 5.74) is 7.40. The molecule has 1 aliphatic rings. The summed E-state index contributed by atoms with van der Waals surface area (Å²) in [5.74, 6) is 6.33. The van der Waals surface area contributed by atoms with Crippen molar-refractivity contribution in [3.8, 4) is 5.75 Å². The minimum absolute atomic E-state index is 0.0716. The Morgan fingerprint density at radius 2 is 2.28 bits per heavy atom. The SMILES string of the molecule is NC(CI)C1COc2c(I)ccc(N(N)[O-])c2C1. The molecule has 0 aliphatic carbocycles. The summed E-state index contributed by atoms with van der Waals surface area (Å²) in [6.07, 6.45) is 0.738. The number of rotatable bonds is 3. The minimum atomic E-state index is 0.0716. The van der Waals surface area contributed by atoms with Crippen molar-refractivity contribution >= 4 is 50.9 Å². The van der Waals surface area contributed by atoms with E-state index in [1.165, 1.54) is 0 Å². The van der Waals surface area contributed by atoms with Gasteiger partial charge in [-0.15, -0.1) is 0 Å². The summed E-state index contributed by atoms with van der Waals surface area (Å²) in [5, 5.41) is 11.8. The zero-order valence-electron chi connectivity index (χ0n) is 9.61. The summed E-state index contributed by atoms with van der Waals surface area (Å²) in [4.78, 5) is 0. The second-order valence-electron chi connectivity index (χ2n) is 4.29. The number of nitrogens with two attached hydrogens (primary N) is 2. The molecule has 4 N–H and O–H groups in total. The maximum absolute atomic E-state index is 11.4. The number of nitrogens with zero attached hydrogens (tertiary/aromatic N) is 1. The van der Waals surface area contributed by atoms with Crippen LogP contribution in [0.4, 0.5) is 5.69 Å². The lowest BCUT2D eigenvalue weighted by Gasteiger charge is -2.34. The van der Waals surface area contributed by atoms with Gasteiger partial charge in [-0.2, -0.15) is 0 Å². The number of benzene rings is 1. The van der Waals surface area contributed by atoms with Crippen molar-refractivity contribution in [1.29, 1.82) is 0 Å². The molecule has 2 atom stereocenters. The van der Waals surface area contributed by atoms with E-state index in [0.717, 1.165) is 25.7 Å². The number of hydrogen-bond donors (Lipinski definition) is 2. The van der Waals surface area contributed by atoms with Crippen molar-refractivity contribution in [3.05, 3.63) is 26.5 Å². The Hall–Kier alpha value is 0.160. The average molecular weight is 474 g/mol. The highest BCUT2D eigenvalue weighted by molar-refractivity contribution is 14.1. The summed E-state index contributed by atoms with van der Waals surface area (Å²) < 4.78 is 7.63. The number of anilines is 1. The molecule has 100 valence electrons. The van der Waals surface area contributed by atoms with Crippen molar-refractivity contribution < 1.29 is 4.74 Å². The zero-order valence-corrected chi connectivity index (χ0v) is 13.9. The first-order valence-corrected chi connectivity index (χ1v) is 8.12. The molecule has 7 heteroatoms. The van der Waals surface area contributed by atoms with Crippen LogP contribution in [-0.4, -0.2) is 17.1 Å². The third kappa shape index (κ3) is 2.84. The number of halogens is 2. The molecule has 1 aromatic rings. The monoisotopic (exact) mass is 474 g/mol. The molecule has 0 amide bonds. The smallest absolute Gasteiger partial charge is 0.137 e. The number of ether oxygens (including phenoxy) is 1. The van der Waals surface area contributed by atoms with Crippen LogP contribution in [0.25, 0.3) is 0 Å². The molecule has 0 aromatic heterocycles. The van der Waals surface area contributed by atoms with Gasteiger partial charge >= 0.3 is 0 Å². The lowest BCUT2D eigenvalue weighted by atomic mass is 9.91. The van der Waals surface area contributed by atoms with Crippen LogP contribution >= 0.6 is 45.2 Å².